The molecule has 3 rings (SSSR count). The van der Waals surface area contributed by atoms with Gasteiger partial charge in [0.2, 0.25) is 0 Å². The summed E-state index contributed by atoms with van der Waals surface area (Å²) in [5.41, 5.74) is 3.59. The smallest absolute Gasteiger partial charge is 0.125 e. The maximum atomic E-state index is 6.14. The zero-order chi connectivity index (χ0) is 15.2. The molecule has 1 aromatic heterocycles. The van der Waals surface area contributed by atoms with Gasteiger partial charge in [0.25, 0.3) is 0 Å². The molecule has 1 saturated carbocycles. The number of hydrogen-bond acceptors (Lipinski definition) is 2. The van der Waals surface area contributed by atoms with Crippen molar-refractivity contribution in [2.75, 3.05) is 6.61 Å². The number of benzene rings is 1. The summed E-state index contributed by atoms with van der Waals surface area (Å²) in [5, 5.41) is 0. The molecule has 0 radical (unpaired) electrons. The molecule has 0 bridgehead atoms. The summed E-state index contributed by atoms with van der Waals surface area (Å²) in [6, 6.07) is 6.80. The van der Waals surface area contributed by atoms with Crippen LogP contribution in [-0.2, 0) is 10.6 Å². The van der Waals surface area contributed by atoms with E-state index in [0.717, 1.165) is 24.4 Å². The first kappa shape index (κ1) is 14.9. The van der Waals surface area contributed by atoms with Gasteiger partial charge >= 0.3 is 0 Å². The van der Waals surface area contributed by atoms with Gasteiger partial charge < -0.3 is 9.30 Å². The first-order chi connectivity index (χ1) is 9.98. The van der Waals surface area contributed by atoms with Gasteiger partial charge in [0.05, 0.1) is 23.0 Å². The predicted octanol–water partition coefficient (Wildman–Crippen LogP) is 4.46. The van der Waals surface area contributed by atoms with Crippen molar-refractivity contribution in [3.63, 3.8) is 0 Å². The highest BCUT2D eigenvalue weighted by Gasteiger charge is 2.50. The molecule has 1 heterocycles. The van der Waals surface area contributed by atoms with Crippen LogP contribution in [0.25, 0.3) is 11.0 Å². The van der Waals surface area contributed by atoms with Gasteiger partial charge in [-0.1, -0.05) is 19.9 Å². The van der Waals surface area contributed by atoms with E-state index in [1.807, 2.05) is 0 Å². The van der Waals surface area contributed by atoms with Gasteiger partial charge in [-0.15, -0.1) is 11.6 Å². The number of rotatable bonds is 4. The number of fused-ring (bicyclic) bond motifs is 1. The molecular formula is C17H23ClN2O. The third-order valence-corrected chi connectivity index (χ3v) is 5.08. The molecule has 0 N–H and O–H groups in total. The third kappa shape index (κ3) is 2.27. The minimum Gasteiger partial charge on any atom is -0.378 e. The van der Waals surface area contributed by atoms with Crippen molar-refractivity contribution in [1.82, 2.24) is 9.55 Å². The number of ether oxygens (including phenoxy) is 1. The molecule has 0 saturated heterocycles. The second-order valence-corrected chi connectivity index (χ2v) is 6.81. The maximum absolute atomic E-state index is 6.14. The Bertz CT molecular complexity index is 662. The number of aromatic nitrogens is 2. The second-order valence-electron chi connectivity index (χ2n) is 6.54. The Kier molecular flexibility index (Phi) is 3.74. The zero-order valence-corrected chi connectivity index (χ0v) is 13.9. The molecule has 1 aromatic carbocycles. The largest absolute Gasteiger partial charge is 0.378 e. The lowest BCUT2D eigenvalue weighted by Gasteiger charge is -2.52. The molecule has 3 nitrogen and oxygen atoms in total. The van der Waals surface area contributed by atoms with Crippen molar-refractivity contribution in [2.45, 2.75) is 52.1 Å². The SMILES string of the molecule is CCOC1CC(n2c(CCl)nc3ccc(C)cc32)C1(C)C. The number of nitrogens with zero attached hydrogens (tertiary/aromatic N) is 2. The highest BCUT2D eigenvalue weighted by atomic mass is 35.5. The molecule has 2 atom stereocenters. The second kappa shape index (κ2) is 5.29. The van der Waals surface area contributed by atoms with Crippen LogP contribution >= 0.6 is 11.6 Å². The van der Waals surface area contributed by atoms with Crippen LogP contribution in [0.3, 0.4) is 0 Å². The Morgan fingerprint density at radius 1 is 1.43 bits per heavy atom. The number of hydrogen-bond donors (Lipinski definition) is 0. The minimum atomic E-state index is 0.105. The van der Waals surface area contributed by atoms with E-state index in [9.17, 15) is 0 Å². The average molecular weight is 307 g/mol. The fourth-order valence-electron chi connectivity index (χ4n) is 3.48. The van der Waals surface area contributed by atoms with Gasteiger partial charge in [-0.2, -0.15) is 0 Å². The topological polar surface area (TPSA) is 27.1 Å². The van der Waals surface area contributed by atoms with Crippen LogP contribution in [-0.4, -0.2) is 22.3 Å². The van der Waals surface area contributed by atoms with E-state index < -0.39 is 0 Å². The van der Waals surface area contributed by atoms with E-state index in [1.54, 1.807) is 0 Å². The lowest BCUT2D eigenvalue weighted by molar-refractivity contribution is -0.127. The molecule has 1 aliphatic carbocycles. The Hall–Kier alpha value is -1.06. The lowest BCUT2D eigenvalue weighted by Crippen LogP contribution is -2.51. The van der Waals surface area contributed by atoms with Crippen LogP contribution in [0.2, 0.25) is 0 Å². The Morgan fingerprint density at radius 3 is 2.81 bits per heavy atom. The Labute approximate surface area is 131 Å². The third-order valence-electron chi connectivity index (χ3n) is 4.84. The highest BCUT2D eigenvalue weighted by molar-refractivity contribution is 6.16. The lowest BCUT2D eigenvalue weighted by atomic mass is 9.64. The summed E-state index contributed by atoms with van der Waals surface area (Å²) in [6.45, 7) is 9.50. The summed E-state index contributed by atoms with van der Waals surface area (Å²) in [6.07, 6.45) is 1.35. The van der Waals surface area contributed by atoms with Crippen molar-refractivity contribution in [3.8, 4) is 0 Å². The van der Waals surface area contributed by atoms with Gasteiger partial charge in [-0.05, 0) is 38.0 Å². The van der Waals surface area contributed by atoms with E-state index in [0.29, 0.717) is 18.0 Å². The van der Waals surface area contributed by atoms with Gasteiger partial charge in [0.1, 0.15) is 5.82 Å². The fraction of sp³-hybridized carbons (Fsp3) is 0.588. The molecule has 21 heavy (non-hydrogen) atoms. The van der Waals surface area contributed by atoms with Crippen molar-refractivity contribution < 1.29 is 4.74 Å². The molecule has 0 aliphatic heterocycles. The zero-order valence-electron chi connectivity index (χ0n) is 13.2. The fourth-order valence-corrected chi connectivity index (χ4v) is 3.67. The van der Waals surface area contributed by atoms with Gasteiger partial charge in [-0.3, -0.25) is 0 Å². The van der Waals surface area contributed by atoms with Gasteiger partial charge in [0, 0.05) is 18.1 Å². The molecule has 114 valence electrons. The van der Waals surface area contributed by atoms with E-state index in [-0.39, 0.29) is 5.41 Å². The van der Waals surface area contributed by atoms with Crippen LogP contribution in [0.1, 0.15) is 44.6 Å². The molecule has 4 heteroatoms. The first-order valence-corrected chi connectivity index (χ1v) is 8.17. The Morgan fingerprint density at radius 2 is 2.19 bits per heavy atom. The van der Waals surface area contributed by atoms with Crippen LogP contribution < -0.4 is 0 Å². The van der Waals surface area contributed by atoms with E-state index in [1.165, 1.54) is 11.1 Å². The number of aryl methyl sites for hydroxylation is 1. The molecule has 1 aliphatic rings. The molecule has 2 aromatic rings. The summed E-state index contributed by atoms with van der Waals surface area (Å²) in [5.74, 6) is 1.41. The van der Waals surface area contributed by atoms with E-state index in [2.05, 4.69) is 50.5 Å². The van der Waals surface area contributed by atoms with Crippen molar-refractivity contribution in [2.24, 2.45) is 5.41 Å². The number of alkyl halides is 1. The van der Waals surface area contributed by atoms with Crippen molar-refractivity contribution >= 4 is 22.6 Å². The highest BCUT2D eigenvalue weighted by Crippen LogP contribution is 2.52. The molecular weight excluding hydrogens is 284 g/mol. The molecule has 1 fully saturated rings. The summed E-state index contributed by atoms with van der Waals surface area (Å²) >= 11 is 6.14. The first-order valence-electron chi connectivity index (χ1n) is 7.64. The quantitative estimate of drug-likeness (QED) is 0.780. The van der Waals surface area contributed by atoms with E-state index >= 15 is 0 Å². The average Bonchev–Trinajstić information content (AvgIpc) is 2.80. The van der Waals surface area contributed by atoms with Crippen LogP contribution in [0.15, 0.2) is 18.2 Å². The Balaban J connectivity index is 2.06. The minimum absolute atomic E-state index is 0.105. The maximum Gasteiger partial charge on any atom is 0.125 e. The summed E-state index contributed by atoms with van der Waals surface area (Å²) in [4.78, 5) is 4.70. The number of imidazole rings is 1. The molecule has 2 unspecified atom stereocenters. The summed E-state index contributed by atoms with van der Waals surface area (Å²) in [7, 11) is 0. The predicted molar refractivity (Wildman–Crippen MR) is 86.9 cm³/mol. The van der Waals surface area contributed by atoms with Crippen LogP contribution in [0.4, 0.5) is 0 Å². The van der Waals surface area contributed by atoms with E-state index in [4.69, 9.17) is 21.3 Å². The van der Waals surface area contributed by atoms with Gasteiger partial charge in [0.15, 0.2) is 0 Å². The molecule has 0 amide bonds. The standard InChI is InChI=1S/C17H23ClN2O/c1-5-21-15-9-14(17(15,3)4)20-13-8-11(2)6-7-12(13)19-16(20)10-18/h6-8,14-15H,5,9-10H2,1-4H3. The van der Waals surface area contributed by atoms with Crippen molar-refractivity contribution in [3.05, 3.63) is 29.6 Å². The molecule has 0 spiro atoms. The van der Waals surface area contributed by atoms with Gasteiger partial charge in [-0.25, -0.2) is 4.98 Å². The number of halogens is 1. The summed E-state index contributed by atoms with van der Waals surface area (Å²) < 4.78 is 8.20. The van der Waals surface area contributed by atoms with Crippen molar-refractivity contribution in [1.29, 1.82) is 0 Å². The monoisotopic (exact) mass is 306 g/mol. The van der Waals surface area contributed by atoms with Crippen LogP contribution in [0.5, 0.6) is 0 Å². The normalized spacial score (nSPS) is 24.2. The van der Waals surface area contributed by atoms with Crippen LogP contribution in [0, 0.1) is 12.3 Å².